The first-order valence-electron chi connectivity index (χ1n) is 12.8. The first kappa shape index (κ1) is 25.4. The summed E-state index contributed by atoms with van der Waals surface area (Å²) in [6.45, 7) is 14.6. The van der Waals surface area contributed by atoms with Crippen molar-refractivity contribution in [2.24, 2.45) is 10.1 Å². The summed E-state index contributed by atoms with van der Waals surface area (Å²) >= 11 is 0. The molecule has 188 valence electrons. The maximum atomic E-state index is 13.1. The molecule has 0 fully saturated rings. The van der Waals surface area contributed by atoms with Crippen LogP contribution >= 0.6 is 0 Å². The van der Waals surface area contributed by atoms with E-state index in [1.165, 1.54) is 4.68 Å². The Morgan fingerprint density at radius 3 is 2.47 bits per heavy atom. The molecule has 1 aromatic heterocycles. The van der Waals surface area contributed by atoms with Gasteiger partial charge >= 0.3 is 0 Å². The van der Waals surface area contributed by atoms with Gasteiger partial charge in [0, 0.05) is 35.6 Å². The average molecular weight is 486 g/mol. The highest BCUT2D eigenvalue weighted by Gasteiger charge is 2.30. The van der Waals surface area contributed by atoms with Crippen molar-refractivity contribution in [3.05, 3.63) is 81.0 Å². The summed E-state index contributed by atoms with van der Waals surface area (Å²) in [6, 6.07) is 14.1. The number of aromatic nitrogens is 2. The quantitative estimate of drug-likeness (QED) is 0.371. The zero-order valence-corrected chi connectivity index (χ0v) is 22.1. The second-order valence-electron chi connectivity index (χ2n) is 9.01. The number of para-hydroxylation sites is 1. The van der Waals surface area contributed by atoms with Gasteiger partial charge in [-0.15, -0.1) is 0 Å². The Bertz CT molecular complexity index is 1380. The topological polar surface area (TPSA) is 72.1 Å². The third-order valence-corrected chi connectivity index (χ3v) is 6.61. The molecule has 0 saturated carbocycles. The van der Waals surface area contributed by atoms with Crippen molar-refractivity contribution in [3.63, 3.8) is 0 Å². The van der Waals surface area contributed by atoms with E-state index < -0.39 is 0 Å². The predicted octanol–water partition coefficient (Wildman–Crippen LogP) is 5.58. The van der Waals surface area contributed by atoms with Crippen LogP contribution in [-0.2, 0) is 0 Å². The van der Waals surface area contributed by atoms with Crippen LogP contribution in [0.15, 0.2) is 57.4 Å². The van der Waals surface area contributed by atoms with E-state index in [1.54, 1.807) is 6.92 Å². The number of rotatable bonds is 9. The fourth-order valence-electron chi connectivity index (χ4n) is 4.27. The molecule has 3 aromatic rings. The number of aliphatic imine (C=N–C) groups is 1. The molecule has 0 amide bonds. The third kappa shape index (κ3) is 4.83. The molecule has 0 radical (unpaired) electrons. The first-order chi connectivity index (χ1) is 17.4. The standard InChI is InChI=1S/C29H35N5O2/c1-7-10-17-36-25-14-12-11-13-23(25)26-27(28-30-21(6)20(5)29(35)34(28)32-26)31-24-16-15-22(18-19(24)4)33(8-2)9-3/h11-16,18H,7-10,17H2,1-6H3. The molecule has 0 atom stereocenters. The summed E-state index contributed by atoms with van der Waals surface area (Å²) in [6.07, 6.45) is 2.00. The van der Waals surface area contributed by atoms with E-state index in [4.69, 9.17) is 19.8 Å². The van der Waals surface area contributed by atoms with Gasteiger partial charge in [-0.1, -0.05) is 25.5 Å². The number of ether oxygens (including phenoxy) is 1. The second kappa shape index (κ2) is 10.9. The normalized spacial score (nSPS) is 13.6. The summed E-state index contributed by atoms with van der Waals surface area (Å²) in [5.41, 5.74) is 6.05. The summed E-state index contributed by atoms with van der Waals surface area (Å²) in [4.78, 5) is 25.2. The molecule has 7 heteroatoms. The van der Waals surface area contributed by atoms with E-state index >= 15 is 0 Å². The molecule has 2 heterocycles. The Morgan fingerprint density at radius 1 is 1.03 bits per heavy atom. The molecular formula is C29H35N5O2. The molecule has 0 unspecified atom stereocenters. The fourth-order valence-corrected chi connectivity index (χ4v) is 4.27. The number of unbranched alkanes of at least 4 members (excludes halogenated alkanes) is 1. The van der Waals surface area contributed by atoms with Crippen LogP contribution in [-0.4, -0.2) is 40.8 Å². The molecule has 1 aliphatic heterocycles. The van der Waals surface area contributed by atoms with Crippen molar-refractivity contribution in [2.45, 2.75) is 54.4 Å². The molecule has 0 saturated heterocycles. The number of benzene rings is 2. The van der Waals surface area contributed by atoms with Crippen molar-refractivity contribution < 1.29 is 4.74 Å². The van der Waals surface area contributed by atoms with E-state index in [0.717, 1.165) is 54.2 Å². The van der Waals surface area contributed by atoms with Crippen LogP contribution in [0.4, 0.5) is 11.4 Å². The minimum atomic E-state index is -0.182. The number of anilines is 1. The Hall–Kier alpha value is -3.74. The maximum Gasteiger partial charge on any atom is 0.277 e. The molecular weight excluding hydrogens is 450 g/mol. The number of hydrogen-bond donors (Lipinski definition) is 0. The van der Waals surface area contributed by atoms with Crippen LogP contribution < -0.4 is 15.2 Å². The Labute approximate surface area is 213 Å². The Balaban J connectivity index is 1.88. The monoisotopic (exact) mass is 485 g/mol. The van der Waals surface area contributed by atoms with Crippen molar-refractivity contribution in [1.82, 2.24) is 9.66 Å². The number of fused-ring (bicyclic) bond motifs is 1. The SMILES string of the molecule is CCCCOc1ccccc1C1=Nn2c(nc(C)c(C)c2=O)C1=Nc1ccc(N(CC)CC)cc1C. The van der Waals surface area contributed by atoms with Crippen LogP contribution in [0, 0.1) is 20.8 Å². The lowest BCUT2D eigenvalue weighted by atomic mass is 10.0. The second-order valence-corrected chi connectivity index (χ2v) is 9.01. The molecule has 36 heavy (non-hydrogen) atoms. The highest BCUT2D eigenvalue weighted by molar-refractivity contribution is 6.54. The summed E-state index contributed by atoms with van der Waals surface area (Å²) in [5, 5.41) is 4.73. The predicted molar refractivity (Wildman–Crippen MR) is 148 cm³/mol. The van der Waals surface area contributed by atoms with Gasteiger partial charge in [-0.25, -0.2) is 9.98 Å². The number of nitrogens with zero attached hydrogens (tertiary/aromatic N) is 5. The van der Waals surface area contributed by atoms with E-state index in [9.17, 15) is 4.79 Å². The van der Waals surface area contributed by atoms with Gasteiger partial charge in [0.15, 0.2) is 5.82 Å². The molecule has 0 spiro atoms. The summed E-state index contributed by atoms with van der Waals surface area (Å²) < 4.78 is 7.48. The van der Waals surface area contributed by atoms with Crippen LogP contribution in [0.5, 0.6) is 5.75 Å². The van der Waals surface area contributed by atoms with Crippen LogP contribution in [0.3, 0.4) is 0 Å². The van der Waals surface area contributed by atoms with Gasteiger partial charge in [0.1, 0.15) is 17.2 Å². The van der Waals surface area contributed by atoms with Crippen LogP contribution in [0.1, 0.15) is 61.8 Å². The van der Waals surface area contributed by atoms with Crippen molar-refractivity contribution in [2.75, 3.05) is 24.6 Å². The van der Waals surface area contributed by atoms with Crippen LogP contribution in [0.2, 0.25) is 0 Å². The molecule has 0 aliphatic carbocycles. The summed E-state index contributed by atoms with van der Waals surface area (Å²) in [7, 11) is 0. The van der Waals surface area contributed by atoms with Gasteiger partial charge < -0.3 is 9.64 Å². The molecule has 0 N–H and O–H groups in total. The highest BCUT2D eigenvalue weighted by Crippen LogP contribution is 2.29. The van der Waals surface area contributed by atoms with Gasteiger partial charge in [0.25, 0.3) is 5.56 Å². The smallest absolute Gasteiger partial charge is 0.277 e. The lowest BCUT2D eigenvalue weighted by Crippen LogP contribution is -2.24. The van der Waals surface area contributed by atoms with E-state index in [-0.39, 0.29) is 5.56 Å². The number of hydrogen-bond acceptors (Lipinski definition) is 6. The lowest BCUT2D eigenvalue weighted by Gasteiger charge is -2.21. The van der Waals surface area contributed by atoms with Gasteiger partial charge in [-0.05, 0) is 76.9 Å². The first-order valence-corrected chi connectivity index (χ1v) is 12.8. The van der Waals surface area contributed by atoms with E-state index in [1.807, 2.05) is 37.3 Å². The zero-order chi connectivity index (χ0) is 25.8. The van der Waals surface area contributed by atoms with E-state index in [0.29, 0.717) is 35.1 Å². The zero-order valence-electron chi connectivity index (χ0n) is 22.1. The van der Waals surface area contributed by atoms with Gasteiger partial charge in [-0.2, -0.15) is 9.78 Å². The molecule has 4 rings (SSSR count). The van der Waals surface area contributed by atoms with Crippen molar-refractivity contribution in [1.29, 1.82) is 0 Å². The number of aryl methyl sites for hydroxylation is 2. The van der Waals surface area contributed by atoms with Crippen molar-refractivity contribution >= 4 is 22.8 Å². The maximum absolute atomic E-state index is 13.1. The Morgan fingerprint density at radius 2 is 1.78 bits per heavy atom. The van der Waals surface area contributed by atoms with Crippen LogP contribution in [0.25, 0.3) is 0 Å². The highest BCUT2D eigenvalue weighted by atomic mass is 16.5. The van der Waals surface area contributed by atoms with Gasteiger partial charge in [0.2, 0.25) is 0 Å². The lowest BCUT2D eigenvalue weighted by molar-refractivity contribution is 0.309. The fraction of sp³-hybridized carbons (Fsp3) is 0.379. The molecule has 1 aliphatic rings. The minimum Gasteiger partial charge on any atom is -0.493 e. The molecule has 2 aromatic carbocycles. The van der Waals surface area contributed by atoms with E-state index in [2.05, 4.69) is 44.7 Å². The molecule has 0 bridgehead atoms. The molecule has 7 nitrogen and oxygen atoms in total. The largest absolute Gasteiger partial charge is 0.493 e. The Kier molecular flexibility index (Phi) is 7.67. The van der Waals surface area contributed by atoms with Crippen molar-refractivity contribution in [3.8, 4) is 5.75 Å². The van der Waals surface area contributed by atoms with Gasteiger partial charge in [0.05, 0.1) is 12.3 Å². The third-order valence-electron chi connectivity index (χ3n) is 6.61. The average Bonchev–Trinajstić information content (AvgIpc) is 3.23. The van der Waals surface area contributed by atoms with Gasteiger partial charge in [-0.3, -0.25) is 4.79 Å². The minimum absolute atomic E-state index is 0.182. The summed E-state index contributed by atoms with van der Waals surface area (Å²) in [5.74, 6) is 1.17.